The van der Waals surface area contributed by atoms with E-state index in [0.717, 1.165) is 6.42 Å². The van der Waals surface area contributed by atoms with Crippen molar-refractivity contribution in [3.8, 4) is 0 Å². The molecule has 0 saturated heterocycles. The van der Waals surface area contributed by atoms with E-state index in [4.69, 9.17) is 0 Å². The number of benzene rings is 1. The number of para-hydroxylation sites is 1. The van der Waals surface area contributed by atoms with Gasteiger partial charge in [-0.1, -0.05) is 30.7 Å². The Labute approximate surface area is 87.1 Å². The molecule has 0 aliphatic heterocycles. The van der Waals surface area contributed by atoms with Crippen LogP contribution in [0.3, 0.4) is 0 Å². The summed E-state index contributed by atoms with van der Waals surface area (Å²) in [7, 11) is 2.10. The molecule has 0 aliphatic carbocycles. The molecule has 0 radical (unpaired) electrons. The van der Waals surface area contributed by atoms with E-state index < -0.39 is 0 Å². The first kappa shape index (κ1) is 10.8. The van der Waals surface area contributed by atoms with Gasteiger partial charge >= 0.3 is 0 Å². The molecule has 0 atom stereocenters. The molecule has 14 heavy (non-hydrogen) atoms. The number of rotatable bonds is 3. The summed E-state index contributed by atoms with van der Waals surface area (Å²) in [6, 6.07) is 8.44. The average molecular weight is 189 g/mol. The van der Waals surface area contributed by atoms with Crippen molar-refractivity contribution < 1.29 is 0 Å². The highest BCUT2D eigenvalue weighted by molar-refractivity contribution is 5.54. The van der Waals surface area contributed by atoms with Gasteiger partial charge in [0.25, 0.3) is 0 Å². The molecule has 0 unspecified atom stereocenters. The van der Waals surface area contributed by atoms with E-state index in [0.29, 0.717) is 0 Å². The van der Waals surface area contributed by atoms with Crippen molar-refractivity contribution >= 4 is 5.69 Å². The number of nitrogens with zero attached hydrogens (tertiary/aromatic N) is 1. The lowest BCUT2D eigenvalue weighted by Gasteiger charge is -2.17. The zero-order valence-electron chi connectivity index (χ0n) is 9.54. The van der Waals surface area contributed by atoms with Gasteiger partial charge in [-0.05, 0) is 31.9 Å². The third-order valence-electron chi connectivity index (χ3n) is 2.47. The molecular formula is C13H19N. The molecule has 0 spiro atoms. The summed E-state index contributed by atoms with van der Waals surface area (Å²) in [4.78, 5) is 2.19. The Morgan fingerprint density at radius 2 is 2.00 bits per heavy atom. The molecule has 1 nitrogen and oxygen atoms in total. The summed E-state index contributed by atoms with van der Waals surface area (Å²) in [6.07, 6.45) is 3.30. The number of hydrogen-bond donors (Lipinski definition) is 0. The van der Waals surface area contributed by atoms with Gasteiger partial charge < -0.3 is 4.90 Å². The monoisotopic (exact) mass is 189 g/mol. The first-order valence-electron chi connectivity index (χ1n) is 5.11. The summed E-state index contributed by atoms with van der Waals surface area (Å²) in [5, 5.41) is 0. The van der Waals surface area contributed by atoms with Gasteiger partial charge in [-0.2, -0.15) is 0 Å². The molecule has 0 bridgehead atoms. The minimum Gasteiger partial charge on any atom is -0.351 e. The van der Waals surface area contributed by atoms with E-state index in [1.807, 2.05) is 0 Å². The van der Waals surface area contributed by atoms with Crippen molar-refractivity contribution in [2.24, 2.45) is 0 Å². The zero-order valence-corrected chi connectivity index (χ0v) is 9.54. The van der Waals surface area contributed by atoms with Gasteiger partial charge in [0.05, 0.1) is 0 Å². The van der Waals surface area contributed by atoms with Crippen LogP contribution >= 0.6 is 0 Å². The van der Waals surface area contributed by atoms with Gasteiger partial charge in [0.1, 0.15) is 0 Å². The van der Waals surface area contributed by atoms with Crippen LogP contribution in [0.15, 0.2) is 36.0 Å². The van der Waals surface area contributed by atoms with Crippen LogP contribution in [-0.4, -0.2) is 7.05 Å². The number of aryl methyl sites for hydroxylation is 1. The first-order valence-corrected chi connectivity index (χ1v) is 5.11. The Bertz CT molecular complexity index is 326. The Balaban J connectivity index is 2.90. The summed E-state index contributed by atoms with van der Waals surface area (Å²) < 4.78 is 0. The Morgan fingerprint density at radius 1 is 1.36 bits per heavy atom. The fraction of sp³-hybridized carbons (Fsp3) is 0.385. The molecule has 0 amide bonds. The van der Waals surface area contributed by atoms with Crippen molar-refractivity contribution in [1.29, 1.82) is 0 Å². The molecule has 0 aromatic heterocycles. The molecule has 0 fully saturated rings. The van der Waals surface area contributed by atoms with E-state index >= 15 is 0 Å². The topological polar surface area (TPSA) is 3.24 Å². The maximum absolute atomic E-state index is 2.20. The quantitative estimate of drug-likeness (QED) is 0.700. The second-order valence-corrected chi connectivity index (χ2v) is 3.73. The van der Waals surface area contributed by atoms with Crippen molar-refractivity contribution in [1.82, 2.24) is 0 Å². The van der Waals surface area contributed by atoms with Gasteiger partial charge in [-0.15, -0.1) is 0 Å². The molecule has 0 aliphatic rings. The molecule has 1 rings (SSSR count). The molecule has 0 heterocycles. The van der Waals surface area contributed by atoms with E-state index in [1.54, 1.807) is 0 Å². The predicted molar refractivity (Wildman–Crippen MR) is 63.6 cm³/mol. The van der Waals surface area contributed by atoms with Crippen LogP contribution < -0.4 is 4.90 Å². The van der Waals surface area contributed by atoms with Crippen LogP contribution in [-0.2, 0) is 0 Å². The Hall–Kier alpha value is -1.24. The third-order valence-corrected chi connectivity index (χ3v) is 2.47. The standard InChI is InChI=1S/C13H19N/c1-5-11(2)10-14(4)13-9-7-6-8-12(13)3/h6-10H,5H2,1-4H3. The van der Waals surface area contributed by atoms with Crippen LogP contribution in [0.25, 0.3) is 0 Å². The fourth-order valence-electron chi connectivity index (χ4n) is 1.45. The molecule has 1 heteroatoms. The highest BCUT2D eigenvalue weighted by Crippen LogP contribution is 2.18. The maximum atomic E-state index is 2.20. The number of allylic oxidation sites excluding steroid dienone is 1. The lowest BCUT2D eigenvalue weighted by Crippen LogP contribution is -2.10. The van der Waals surface area contributed by atoms with Gasteiger partial charge in [0.15, 0.2) is 0 Å². The van der Waals surface area contributed by atoms with Crippen molar-refractivity contribution in [2.75, 3.05) is 11.9 Å². The largest absolute Gasteiger partial charge is 0.351 e. The average Bonchev–Trinajstić information content (AvgIpc) is 2.18. The fourth-order valence-corrected chi connectivity index (χ4v) is 1.45. The summed E-state index contributed by atoms with van der Waals surface area (Å²) >= 11 is 0. The minimum atomic E-state index is 1.11. The molecule has 0 N–H and O–H groups in total. The molecule has 1 aromatic carbocycles. The van der Waals surface area contributed by atoms with Gasteiger partial charge in [0.2, 0.25) is 0 Å². The number of hydrogen-bond acceptors (Lipinski definition) is 1. The second-order valence-electron chi connectivity index (χ2n) is 3.73. The van der Waals surface area contributed by atoms with Gasteiger partial charge in [0, 0.05) is 18.9 Å². The summed E-state index contributed by atoms with van der Waals surface area (Å²) in [5.41, 5.74) is 3.99. The summed E-state index contributed by atoms with van der Waals surface area (Å²) in [5.74, 6) is 0. The highest BCUT2D eigenvalue weighted by atomic mass is 15.1. The van der Waals surface area contributed by atoms with E-state index in [1.165, 1.54) is 16.8 Å². The maximum Gasteiger partial charge on any atom is 0.0433 e. The smallest absolute Gasteiger partial charge is 0.0433 e. The molecular weight excluding hydrogens is 170 g/mol. The second kappa shape index (κ2) is 4.85. The predicted octanol–water partition coefficient (Wildman–Crippen LogP) is 3.75. The van der Waals surface area contributed by atoms with Gasteiger partial charge in [-0.3, -0.25) is 0 Å². The van der Waals surface area contributed by atoms with E-state index in [9.17, 15) is 0 Å². The minimum absolute atomic E-state index is 1.11. The zero-order chi connectivity index (χ0) is 10.6. The highest BCUT2D eigenvalue weighted by Gasteiger charge is 2.00. The Kier molecular flexibility index (Phi) is 3.75. The van der Waals surface area contributed by atoms with Crippen LogP contribution in [0, 0.1) is 6.92 Å². The molecule has 0 saturated carbocycles. The van der Waals surface area contributed by atoms with Crippen molar-refractivity contribution in [2.45, 2.75) is 27.2 Å². The van der Waals surface area contributed by atoms with Crippen LogP contribution in [0.4, 0.5) is 5.69 Å². The SMILES string of the molecule is CCC(C)=CN(C)c1ccccc1C. The normalized spacial score (nSPS) is 11.6. The third kappa shape index (κ3) is 2.63. The van der Waals surface area contributed by atoms with E-state index in [-0.39, 0.29) is 0 Å². The molecule has 1 aromatic rings. The summed E-state index contributed by atoms with van der Waals surface area (Å²) in [6.45, 7) is 6.48. The van der Waals surface area contributed by atoms with Crippen LogP contribution in [0.5, 0.6) is 0 Å². The Morgan fingerprint density at radius 3 is 2.57 bits per heavy atom. The van der Waals surface area contributed by atoms with Crippen molar-refractivity contribution in [3.05, 3.63) is 41.6 Å². The lowest BCUT2D eigenvalue weighted by molar-refractivity contribution is 1.05. The number of anilines is 1. The first-order chi connectivity index (χ1) is 6.65. The van der Waals surface area contributed by atoms with Gasteiger partial charge in [-0.25, -0.2) is 0 Å². The van der Waals surface area contributed by atoms with Crippen molar-refractivity contribution in [3.63, 3.8) is 0 Å². The van der Waals surface area contributed by atoms with Crippen LogP contribution in [0.1, 0.15) is 25.8 Å². The lowest BCUT2D eigenvalue weighted by atomic mass is 10.2. The van der Waals surface area contributed by atoms with E-state index in [2.05, 4.69) is 63.2 Å². The van der Waals surface area contributed by atoms with Crippen LogP contribution in [0.2, 0.25) is 0 Å². The molecule has 76 valence electrons.